The molecule has 0 saturated heterocycles. The Bertz CT molecular complexity index is 575. The SMILES string of the molecule is O=C(CBr)CC(=O)c1ccc2ccccc2c1. The minimum atomic E-state index is -0.125. The van der Waals surface area contributed by atoms with E-state index in [1.807, 2.05) is 36.4 Å². The second-order valence-electron chi connectivity index (χ2n) is 3.83. The first-order valence-corrected chi connectivity index (χ1v) is 6.42. The van der Waals surface area contributed by atoms with Crippen molar-refractivity contribution >= 4 is 38.3 Å². The van der Waals surface area contributed by atoms with Crippen molar-refractivity contribution in [2.45, 2.75) is 6.42 Å². The number of hydrogen-bond donors (Lipinski definition) is 0. The third kappa shape index (κ3) is 2.80. The molecule has 0 atom stereocenters. The zero-order valence-electron chi connectivity index (χ0n) is 9.15. The highest BCUT2D eigenvalue weighted by atomic mass is 79.9. The fourth-order valence-corrected chi connectivity index (χ4v) is 1.89. The fraction of sp³-hybridized carbons (Fsp3) is 0.143. The number of halogens is 1. The molecule has 2 aromatic carbocycles. The molecule has 0 bridgehead atoms. The van der Waals surface area contributed by atoms with Gasteiger partial charge >= 0.3 is 0 Å². The number of hydrogen-bond acceptors (Lipinski definition) is 2. The van der Waals surface area contributed by atoms with E-state index in [9.17, 15) is 9.59 Å². The Balaban J connectivity index is 2.30. The van der Waals surface area contributed by atoms with Gasteiger partial charge in [-0.25, -0.2) is 0 Å². The van der Waals surface area contributed by atoms with Crippen LogP contribution in [-0.4, -0.2) is 16.9 Å². The predicted octanol–water partition coefficient (Wildman–Crippen LogP) is 3.38. The van der Waals surface area contributed by atoms with E-state index in [0.717, 1.165) is 10.8 Å². The van der Waals surface area contributed by atoms with Gasteiger partial charge in [-0.3, -0.25) is 9.59 Å². The normalized spacial score (nSPS) is 10.4. The quantitative estimate of drug-likeness (QED) is 0.491. The lowest BCUT2D eigenvalue weighted by Crippen LogP contribution is -2.08. The zero-order valence-corrected chi connectivity index (χ0v) is 10.7. The summed E-state index contributed by atoms with van der Waals surface area (Å²) < 4.78 is 0. The van der Waals surface area contributed by atoms with E-state index in [-0.39, 0.29) is 23.3 Å². The van der Waals surface area contributed by atoms with Crippen LogP contribution in [0.2, 0.25) is 0 Å². The molecule has 0 spiro atoms. The second-order valence-corrected chi connectivity index (χ2v) is 4.39. The van der Waals surface area contributed by atoms with Crippen LogP contribution in [0.15, 0.2) is 42.5 Å². The molecule has 86 valence electrons. The Morgan fingerprint density at radius 1 is 1.00 bits per heavy atom. The third-order valence-electron chi connectivity index (χ3n) is 2.58. The lowest BCUT2D eigenvalue weighted by atomic mass is 10.0. The van der Waals surface area contributed by atoms with E-state index in [0.29, 0.717) is 5.56 Å². The third-order valence-corrected chi connectivity index (χ3v) is 3.20. The molecule has 0 aliphatic heterocycles. The van der Waals surface area contributed by atoms with E-state index >= 15 is 0 Å². The monoisotopic (exact) mass is 290 g/mol. The number of ketones is 2. The van der Waals surface area contributed by atoms with Gasteiger partial charge < -0.3 is 0 Å². The molecule has 0 aromatic heterocycles. The van der Waals surface area contributed by atoms with Crippen molar-refractivity contribution in [3.05, 3.63) is 48.0 Å². The van der Waals surface area contributed by atoms with Crippen LogP contribution in [0.5, 0.6) is 0 Å². The lowest BCUT2D eigenvalue weighted by molar-refractivity contribution is -0.115. The largest absolute Gasteiger partial charge is 0.298 e. The van der Waals surface area contributed by atoms with Crippen LogP contribution in [0.3, 0.4) is 0 Å². The molecule has 0 aliphatic rings. The highest BCUT2D eigenvalue weighted by Gasteiger charge is 2.10. The summed E-state index contributed by atoms with van der Waals surface area (Å²) in [6, 6.07) is 13.3. The van der Waals surface area contributed by atoms with Crippen LogP contribution in [0, 0.1) is 0 Å². The summed E-state index contributed by atoms with van der Waals surface area (Å²) in [5, 5.41) is 2.34. The van der Waals surface area contributed by atoms with E-state index in [1.165, 1.54) is 0 Å². The average molecular weight is 291 g/mol. The molecule has 0 aliphatic carbocycles. The summed E-state index contributed by atoms with van der Waals surface area (Å²) in [6.45, 7) is 0. The molecule has 2 nitrogen and oxygen atoms in total. The highest BCUT2D eigenvalue weighted by molar-refractivity contribution is 9.09. The van der Waals surface area contributed by atoms with Gasteiger partial charge in [0, 0.05) is 5.56 Å². The molecule has 0 fully saturated rings. The Labute approximate surface area is 108 Å². The van der Waals surface area contributed by atoms with Gasteiger partial charge in [-0.1, -0.05) is 52.3 Å². The van der Waals surface area contributed by atoms with Gasteiger partial charge in [0.2, 0.25) is 0 Å². The summed E-state index contributed by atoms with van der Waals surface area (Å²) in [6.07, 6.45) is -0.0381. The van der Waals surface area contributed by atoms with Crippen LogP contribution >= 0.6 is 15.9 Å². The van der Waals surface area contributed by atoms with Crippen LogP contribution < -0.4 is 0 Å². The van der Waals surface area contributed by atoms with E-state index in [2.05, 4.69) is 15.9 Å². The fourth-order valence-electron chi connectivity index (χ4n) is 1.69. The topological polar surface area (TPSA) is 34.1 Å². The number of alkyl halides is 1. The summed E-state index contributed by atoms with van der Waals surface area (Å²) >= 11 is 3.05. The maximum atomic E-state index is 11.8. The first-order valence-electron chi connectivity index (χ1n) is 5.30. The Hall–Kier alpha value is -1.48. The van der Waals surface area contributed by atoms with Crippen LogP contribution in [0.1, 0.15) is 16.8 Å². The molecule has 0 radical (unpaired) electrons. The minimum Gasteiger partial charge on any atom is -0.298 e. The Kier molecular flexibility index (Phi) is 3.69. The summed E-state index contributed by atoms with van der Waals surface area (Å²) in [5.74, 6) is -0.219. The molecule has 0 N–H and O–H groups in total. The van der Waals surface area contributed by atoms with E-state index in [1.54, 1.807) is 6.07 Å². The lowest BCUT2D eigenvalue weighted by Gasteiger charge is -2.02. The van der Waals surface area contributed by atoms with Gasteiger partial charge in [0.05, 0.1) is 11.8 Å². The Morgan fingerprint density at radius 2 is 1.71 bits per heavy atom. The Morgan fingerprint density at radius 3 is 2.41 bits per heavy atom. The van der Waals surface area contributed by atoms with Crippen LogP contribution in [-0.2, 0) is 4.79 Å². The minimum absolute atomic E-state index is 0.0381. The van der Waals surface area contributed by atoms with Crippen molar-refractivity contribution in [3.8, 4) is 0 Å². The molecule has 3 heteroatoms. The summed E-state index contributed by atoms with van der Waals surface area (Å²) in [7, 11) is 0. The van der Waals surface area contributed by atoms with Crippen molar-refractivity contribution in [1.82, 2.24) is 0 Å². The molecule has 0 saturated carbocycles. The first-order chi connectivity index (χ1) is 8.20. The van der Waals surface area contributed by atoms with Gasteiger partial charge in [-0.05, 0) is 16.8 Å². The van der Waals surface area contributed by atoms with Crippen LogP contribution in [0.25, 0.3) is 10.8 Å². The smallest absolute Gasteiger partial charge is 0.170 e. The number of benzene rings is 2. The molecule has 2 rings (SSSR count). The molecule has 2 aromatic rings. The molecular formula is C14H11BrO2. The number of carbonyl (C=O) groups excluding carboxylic acids is 2. The molecule has 0 unspecified atom stereocenters. The molecule has 17 heavy (non-hydrogen) atoms. The summed E-state index contributed by atoms with van der Waals surface area (Å²) in [5.41, 5.74) is 0.595. The first kappa shape index (κ1) is 12.0. The highest BCUT2D eigenvalue weighted by Crippen LogP contribution is 2.16. The van der Waals surface area contributed by atoms with Gasteiger partial charge in [0.1, 0.15) is 0 Å². The van der Waals surface area contributed by atoms with E-state index in [4.69, 9.17) is 0 Å². The summed E-state index contributed by atoms with van der Waals surface area (Å²) in [4.78, 5) is 23.0. The van der Waals surface area contributed by atoms with Crippen molar-refractivity contribution in [1.29, 1.82) is 0 Å². The molecular weight excluding hydrogens is 280 g/mol. The average Bonchev–Trinajstić information content (AvgIpc) is 2.38. The molecule has 0 amide bonds. The maximum absolute atomic E-state index is 11.8. The number of carbonyl (C=O) groups is 2. The van der Waals surface area contributed by atoms with Gasteiger partial charge in [0.15, 0.2) is 11.6 Å². The van der Waals surface area contributed by atoms with Gasteiger partial charge in [0.25, 0.3) is 0 Å². The van der Waals surface area contributed by atoms with Crippen molar-refractivity contribution in [2.75, 3.05) is 5.33 Å². The second kappa shape index (κ2) is 5.23. The number of rotatable bonds is 4. The number of fused-ring (bicyclic) bond motifs is 1. The van der Waals surface area contributed by atoms with E-state index < -0.39 is 0 Å². The van der Waals surface area contributed by atoms with Crippen LogP contribution in [0.4, 0.5) is 0 Å². The van der Waals surface area contributed by atoms with Gasteiger partial charge in [-0.15, -0.1) is 0 Å². The van der Waals surface area contributed by atoms with Crippen molar-refractivity contribution < 1.29 is 9.59 Å². The predicted molar refractivity (Wildman–Crippen MR) is 71.7 cm³/mol. The maximum Gasteiger partial charge on any atom is 0.170 e. The molecule has 0 heterocycles. The van der Waals surface area contributed by atoms with Gasteiger partial charge in [-0.2, -0.15) is 0 Å². The van der Waals surface area contributed by atoms with Crippen molar-refractivity contribution in [3.63, 3.8) is 0 Å². The standard InChI is InChI=1S/C14H11BrO2/c15-9-13(16)8-14(17)12-6-5-10-3-1-2-4-11(10)7-12/h1-7H,8-9H2. The zero-order chi connectivity index (χ0) is 12.3. The van der Waals surface area contributed by atoms with Crippen molar-refractivity contribution in [2.24, 2.45) is 0 Å². The number of Topliss-reactive ketones (excluding diaryl/α,β-unsaturated/α-hetero) is 2.